The fourth-order valence-electron chi connectivity index (χ4n) is 1.62. The largest absolute Gasteiger partial charge is 0.381 e. The fraction of sp³-hybridized carbons (Fsp3) is 0.667. The van der Waals surface area contributed by atoms with Crippen LogP contribution in [0.3, 0.4) is 0 Å². The van der Waals surface area contributed by atoms with Crippen LogP contribution in [0.25, 0.3) is 0 Å². The van der Waals surface area contributed by atoms with Gasteiger partial charge in [0, 0.05) is 19.1 Å². The van der Waals surface area contributed by atoms with Gasteiger partial charge in [-0.15, -0.1) is 0 Å². The number of hydrogen-bond donors (Lipinski definition) is 0. The molecule has 0 aromatic carbocycles. The first-order valence-corrected chi connectivity index (χ1v) is 4.79. The van der Waals surface area contributed by atoms with Crippen LogP contribution in [0.2, 0.25) is 0 Å². The van der Waals surface area contributed by atoms with E-state index in [-0.39, 0.29) is 11.7 Å². The molecule has 0 aliphatic carbocycles. The monoisotopic (exact) mass is 195 g/mol. The molecule has 2 heterocycles. The number of nitrogens with zero attached hydrogens (tertiary/aromatic N) is 3. The third-order valence-corrected chi connectivity index (χ3v) is 2.46. The summed E-state index contributed by atoms with van der Waals surface area (Å²) in [5.74, 6) is 0.381. The van der Waals surface area contributed by atoms with Gasteiger partial charge in [0.05, 0.1) is 0 Å². The Morgan fingerprint density at radius 3 is 2.93 bits per heavy atom. The van der Waals surface area contributed by atoms with Crippen molar-refractivity contribution in [3.8, 4) is 0 Å². The van der Waals surface area contributed by atoms with Gasteiger partial charge in [-0.2, -0.15) is 5.10 Å². The molecule has 1 aromatic heterocycles. The van der Waals surface area contributed by atoms with Gasteiger partial charge in [-0.05, 0) is 12.8 Å². The van der Waals surface area contributed by atoms with Crippen LogP contribution < -0.4 is 0 Å². The summed E-state index contributed by atoms with van der Waals surface area (Å²) in [7, 11) is 0. The van der Waals surface area contributed by atoms with E-state index in [1.165, 1.54) is 6.33 Å². The van der Waals surface area contributed by atoms with E-state index in [0.717, 1.165) is 12.8 Å². The van der Waals surface area contributed by atoms with E-state index in [4.69, 9.17) is 4.74 Å². The predicted octanol–water partition coefficient (Wildman–Crippen LogP) is 0.274. The molecule has 0 spiro atoms. The van der Waals surface area contributed by atoms with Crippen molar-refractivity contribution >= 4 is 5.78 Å². The molecule has 1 saturated heterocycles. The maximum atomic E-state index is 11.7. The lowest BCUT2D eigenvalue weighted by Crippen LogP contribution is -2.26. The summed E-state index contributed by atoms with van der Waals surface area (Å²) in [6.07, 6.45) is 4.69. The van der Waals surface area contributed by atoms with Crippen LogP contribution in [0.1, 0.15) is 12.8 Å². The smallest absolute Gasteiger partial charge is 0.157 e. The standard InChI is InChI=1S/C9H13N3O2/c13-9(5-12-7-10-6-11-12)8-1-3-14-4-2-8/h6-8H,1-5H2. The van der Waals surface area contributed by atoms with Crippen LogP contribution >= 0.6 is 0 Å². The molecule has 2 rings (SSSR count). The number of hydrogen-bond acceptors (Lipinski definition) is 4. The highest BCUT2D eigenvalue weighted by Crippen LogP contribution is 2.16. The van der Waals surface area contributed by atoms with Gasteiger partial charge < -0.3 is 4.74 Å². The number of rotatable bonds is 3. The minimum atomic E-state index is 0.146. The van der Waals surface area contributed by atoms with Crippen molar-refractivity contribution in [2.75, 3.05) is 13.2 Å². The van der Waals surface area contributed by atoms with E-state index in [2.05, 4.69) is 10.1 Å². The molecule has 5 nitrogen and oxygen atoms in total. The van der Waals surface area contributed by atoms with Crippen LogP contribution in [0.4, 0.5) is 0 Å². The normalized spacial score (nSPS) is 18.3. The molecule has 1 fully saturated rings. The fourth-order valence-corrected chi connectivity index (χ4v) is 1.62. The zero-order chi connectivity index (χ0) is 9.80. The Bertz CT molecular complexity index is 291. The van der Waals surface area contributed by atoms with E-state index >= 15 is 0 Å². The van der Waals surface area contributed by atoms with Gasteiger partial charge in [-0.25, -0.2) is 9.67 Å². The maximum Gasteiger partial charge on any atom is 0.157 e. The summed E-state index contributed by atoms with van der Waals surface area (Å²) >= 11 is 0. The molecule has 0 unspecified atom stereocenters. The van der Waals surface area contributed by atoms with Gasteiger partial charge in [0.25, 0.3) is 0 Å². The van der Waals surface area contributed by atoms with E-state index in [0.29, 0.717) is 19.8 Å². The highest BCUT2D eigenvalue weighted by atomic mass is 16.5. The quantitative estimate of drug-likeness (QED) is 0.694. The van der Waals surface area contributed by atoms with Gasteiger partial charge in [0.1, 0.15) is 19.2 Å². The molecule has 0 bridgehead atoms. The molecule has 5 heteroatoms. The zero-order valence-electron chi connectivity index (χ0n) is 7.93. The Hall–Kier alpha value is -1.23. The second kappa shape index (κ2) is 4.32. The molecule has 1 aliphatic heterocycles. The van der Waals surface area contributed by atoms with E-state index in [1.54, 1.807) is 11.0 Å². The Balaban J connectivity index is 1.88. The van der Waals surface area contributed by atoms with Crippen LogP contribution in [-0.4, -0.2) is 33.8 Å². The molecule has 0 atom stereocenters. The highest BCUT2D eigenvalue weighted by molar-refractivity contribution is 5.80. The Kier molecular flexibility index (Phi) is 2.88. The average molecular weight is 195 g/mol. The second-order valence-electron chi connectivity index (χ2n) is 3.45. The van der Waals surface area contributed by atoms with E-state index in [9.17, 15) is 4.79 Å². The molecular weight excluding hydrogens is 182 g/mol. The topological polar surface area (TPSA) is 57.0 Å². The molecule has 0 saturated carbocycles. The summed E-state index contributed by atoms with van der Waals surface area (Å²) in [5.41, 5.74) is 0. The minimum Gasteiger partial charge on any atom is -0.381 e. The van der Waals surface area contributed by atoms with Gasteiger partial charge in [-0.3, -0.25) is 4.79 Å². The van der Waals surface area contributed by atoms with Crippen LogP contribution in [0.5, 0.6) is 0 Å². The second-order valence-corrected chi connectivity index (χ2v) is 3.45. The number of ketones is 1. The van der Waals surface area contributed by atoms with Gasteiger partial charge in [-0.1, -0.05) is 0 Å². The Labute approximate surface area is 82.1 Å². The van der Waals surface area contributed by atoms with Crippen molar-refractivity contribution in [2.45, 2.75) is 19.4 Å². The lowest BCUT2D eigenvalue weighted by atomic mass is 9.95. The Morgan fingerprint density at radius 2 is 2.29 bits per heavy atom. The number of aromatic nitrogens is 3. The van der Waals surface area contributed by atoms with Crippen molar-refractivity contribution < 1.29 is 9.53 Å². The number of carbonyl (C=O) groups excluding carboxylic acids is 1. The lowest BCUT2D eigenvalue weighted by molar-refractivity contribution is -0.126. The summed E-state index contributed by atoms with van der Waals surface area (Å²) < 4.78 is 6.77. The molecule has 0 amide bonds. The van der Waals surface area contributed by atoms with Crippen LogP contribution in [0, 0.1) is 5.92 Å². The minimum absolute atomic E-state index is 0.146. The third-order valence-electron chi connectivity index (χ3n) is 2.46. The first-order chi connectivity index (χ1) is 6.86. The number of ether oxygens (including phenoxy) is 1. The molecule has 14 heavy (non-hydrogen) atoms. The molecule has 1 aliphatic rings. The first kappa shape index (κ1) is 9.33. The van der Waals surface area contributed by atoms with Crippen LogP contribution in [0.15, 0.2) is 12.7 Å². The Morgan fingerprint density at radius 1 is 1.50 bits per heavy atom. The molecular formula is C9H13N3O2. The summed E-state index contributed by atoms with van der Waals surface area (Å²) in [5, 5.41) is 3.90. The number of carbonyl (C=O) groups is 1. The van der Waals surface area contributed by atoms with Crippen molar-refractivity contribution in [1.82, 2.24) is 14.8 Å². The van der Waals surface area contributed by atoms with Crippen molar-refractivity contribution in [3.63, 3.8) is 0 Å². The molecule has 0 radical (unpaired) electrons. The first-order valence-electron chi connectivity index (χ1n) is 4.79. The average Bonchev–Trinajstić information content (AvgIpc) is 2.72. The van der Waals surface area contributed by atoms with Gasteiger partial charge >= 0.3 is 0 Å². The van der Waals surface area contributed by atoms with Crippen molar-refractivity contribution in [2.24, 2.45) is 5.92 Å². The van der Waals surface area contributed by atoms with Gasteiger partial charge in [0.2, 0.25) is 0 Å². The number of Topliss-reactive ketones (excluding diaryl/α,β-unsaturated/α-hetero) is 1. The molecule has 76 valence electrons. The van der Waals surface area contributed by atoms with E-state index in [1.807, 2.05) is 0 Å². The molecule has 1 aromatic rings. The third kappa shape index (κ3) is 2.17. The lowest BCUT2D eigenvalue weighted by Gasteiger charge is -2.20. The summed E-state index contributed by atoms with van der Waals surface area (Å²) in [6, 6.07) is 0. The zero-order valence-corrected chi connectivity index (χ0v) is 7.93. The predicted molar refractivity (Wildman–Crippen MR) is 48.6 cm³/mol. The summed E-state index contributed by atoms with van der Waals surface area (Å²) in [6.45, 7) is 1.74. The maximum absolute atomic E-state index is 11.7. The van der Waals surface area contributed by atoms with Crippen molar-refractivity contribution in [3.05, 3.63) is 12.7 Å². The highest BCUT2D eigenvalue weighted by Gasteiger charge is 2.21. The SMILES string of the molecule is O=C(Cn1cncn1)C1CCOCC1. The van der Waals surface area contributed by atoms with Gasteiger partial charge in [0.15, 0.2) is 5.78 Å². The van der Waals surface area contributed by atoms with Crippen LogP contribution in [-0.2, 0) is 16.1 Å². The summed E-state index contributed by atoms with van der Waals surface area (Å²) in [4.78, 5) is 15.5. The van der Waals surface area contributed by atoms with Crippen molar-refractivity contribution in [1.29, 1.82) is 0 Å². The van der Waals surface area contributed by atoms with E-state index < -0.39 is 0 Å². The molecule has 0 N–H and O–H groups in total.